The van der Waals surface area contributed by atoms with Gasteiger partial charge in [-0.25, -0.2) is 0 Å². The minimum Gasteiger partial charge on any atom is -0.405 e. The summed E-state index contributed by atoms with van der Waals surface area (Å²) < 4.78 is 47.5. The van der Waals surface area contributed by atoms with Crippen LogP contribution in [0, 0.1) is 0 Å². The molecule has 0 bridgehead atoms. The Bertz CT molecular complexity index is 486. The topological polar surface area (TPSA) is 47.7 Å². The van der Waals surface area contributed by atoms with Crippen molar-refractivity contribution in [1.82, 2.24) is 4.90 Å². The number of benzene rings is 1. The highest BCUT2D eigenvalue weighted by atomic mass is 19.4. The van der Waals surface area contributed by atoms with E-state index in [1.54, 1.807) is 12.1 Å². The van der Waals surface area contributed by atoms with Gasteiger partial charge in [0.2, 0.25) is 0 Å². The Balaban J connectivity index is 2.27. The fourth-order valence-electron chi connectivity index (χ4n) is 2.92. The first-order valence-corrected chi connectivity index (χ1v) is 7.24. The average Bonchev–Trinajstić information content (AvgIpc) is 2.38. The number of ether oxygens (including phenoxy) is 2. The molecule has 0 aromatic heterocycles. The predicted octanol–water partition coefficient (Wildman–Crippen LogP) is 2.69. The molecule has 0 saturated carbocycles. The van der Waals surface area contributed by atoms with Gasteiger partial charge in [-0.2, -0.15) is 0 Å². The summed E-state index contributed by atoms with van der Waals surface area (Å²) in [7, 11) is 0. The van der Waals surface area contributed by atoms with Crippen LogP contribution in [0.25, 0.3) is 0 Å². The SMILES string of the molecule is CC1CN(C(CN)c2ccccc2OC(F)(F)F)CC(C)O1. The fraction of sp³-hybridized carbons (Fsp3) is 0.600. The number of para-hydroxylation sites is 1. The number of hydrogen-bond acceptors (Lipinski definition) is 4. The first-order valence-electron chi connectivity index (χ1n) is 7.24. The van der Waals surface area contributed by atoms with Crippen LogP contribution in [0.1, 0.15) is 25.5 Å². The molecule has 2 rings (SSSR count). The standard InChI is InChI=1S/C15H21F3N2O2/c1-10-8-20(9-11(2)21-10)13(7-19)12-5-3-4-6-14(12)22-15(16,17)18/h3-6,10-11,13H,7-9,19H2,1-2H3. The van der Waals surface area contributed by atoms with Crippen molar-refractivity contribution in [3.8, 4) is 5.75 Å². The van der Waals surface area contributed by atoms with Crippen LogP contribution >= 0.6 is 0 Å². The summed E-state index contributed by atoms with van der Waals surface area (Å²) in [6, 6.07) is 5.81. The molecule has 2 N–H and O–H groups in total. The fourth-order valence-corrected chi connectivity index (χ4v) is 2.92. The minimum absolute atomic E-state index is 0.00787. The lowest BCUT2D eigenvalue weighted by Crippen LogP contribution is -2.48. The Hall–Kier alpha value is -1.31. The molecule has 0 aliphatic carbocycles. The molecule has 3 unspecified atom stereocenters. The second-order valence-electron chi connectivity index (χ2n) is 5.55. The van der Waals surface area contributed by atoms with E-state index >= 15 is 0 Å². The van der Waals surface area contributed by atoms with Crippen LogP contribution in [-0.2, 0) is 4.74 Å². The molecule has 22 heavy (non-hydrogen) atoms. The van der Waals surface area contributed by atoms with E-state index in [0.717, 1.165) is 0 Å². The summed E-state index contributed by atoms with van der Waals surface area (Å²) in [5.74, 6) is -0.197. The zero-order chi connectivity index (χ0) is 16.3. The summed E-state index contributed by atoms with van der Waals surface area (Å²) in [4.78, 5) is 2.05. The number of halogens is 3. The van der Waals surface area contributed by atoms with Crippen LogP contribution in [-0.4, -0.2) is 43.1 Å². The first-order chi connectivity index (χ1) is 10.3. The summed E-state index contributed by atoms with van der Waals surface area (Å²) in [5, 5.41) is 0. The van der Waals surface area contributed by atoms with Gasteiger partial charge < -0.3 is 15.2 Å². The largest absolute Gasteiger partial charge is 0.573 e. The Morgan fingerprint density at radius 1 is 1.27 bits per heavy atom. The van der Waals surface area contributed by atoms with Crippen molar-refractivity contribution in [2.75, 3.05) is 19.6 Å². The third kappa shape index (κ3) is 4.34. The molecule has 1 aliphatic rings. The van der Waals surface area contributed by atoms with Crippen molar-refractivity contribution >= 4 is 0 Å². The molecular weight excluding hydrogens is 297 g/mol. The maximum atomic E-state index is 12.6. The van der Waals surface area contributed by atoms with E-state index < -0.39 is 6.36 Å². The van der Waals surface area contributed by atoms with Gasteiger partial charge in [-0.15, -0.1) is 13.2 Å². The normalized spacial score (nSPS) is 25.0. The number of nitrogens with zero attached hydrogens (tertiary/aromatic N) is 1. The van der Waals surface area contributed by atoms with Crippen LogP contribution in [0.3, 0.4) is 0 Å². The van der Waals surface area contributed by atoms with Gasteiger partial charge in [-0.05, 0) is 19.9 Å². The summed E-state index contributed by atoms with van der Waals surface area (Å²) in [6.45, 7) is 5.32. The number of rotatable bonds is 4. The van der Waals surface area contributed by atoms with Crippen molar-refractivity contribution in [3.05, 3.63) is 29.8 Å². The highest BCUT2D eigenvalue weighted by molar-refractivity contribution is 5.36. The zero-order valence-electron chi connectivity index (χ0n) is 12.6. The Labute approximate surface area is 128 Å². The average molecular weight is 318 g/mol. The third-order valence-corrected chi connectivity index (χ3v) is 3.62. The molecule has 1 fully saturated rings. The lowest BCUT2D eigenvalue weighted by atomic mass is 10.0. The summed E-state index contributed by atoms with van der Waals surface area (Å²) in [6.07, 6.45) is -4.71. The Morgan fingerprint density at radius 2 is 1.86 bits per heavy atom. The van der Waals surface area contributed by atoms with E-state index in [4.69, 9.17) is 10.5 Å². The van der Waals surface area contributed by atoms with Crippen LogP contribution in [0.15, 0.2) is 24.3 Å². The van der Waals surface area contributed by atoms with Crippen LogP contribution in [0.4, 0.5) is 13.2 Å². The molecule has 0 amide bonds. The molecular formula is C15H21F3N2O2. The van der Waals surface area contributed by atoms with Gasteiger partial charge in [0, 0.05) is 25.2 Å². The monoisotopic (exact) mass is 318 g/mol. The molecule has 0 spiro atoms. The van der Waals surface area contributed by atoms with E-state index in [1.807, 2.05) is 13.8 Å². The van der Waals surface area contributed by atoms with E-state index in [1.165, 1.54) is 12.1 Å². The third-order valence-electron chi connectivity index (χ3n) is 3.62. The minimum atomic E-state index is -4.72. The highest BCUT2D eigenvalue weighted by Gasteiger charge is 2.35. The van der Waals surface area contributed by atoms with Gasteiger partial charge in [0.1, 0.15) is 5.75 Å². The van der Waals surface area contributed by atoms with Crippen LogP contribution < -0.4 is 10.5 Å². The lowest BCUT2D eigenvalue weighted by Gasteiger charge is -2.40. The van der Waals surface area contributed by atoms with Gasteiger partial charge in [0.25, 0.3) is 0 Å². The molecule has 124 valence electrons. The second kappa shape index (κ2) is 6.85. The van der Waals surface area contributed by atoms with Gasteiger partial charge in [-0.3, -0.25) is 4.90 Å². The van der Waals surface area contributed by atoms with Gasteiger partial charge in [0.15, 0.2) is 0 Å². The van der Waals surface area contributed by atoms with E-state index in [0.29, 0.717) is 18.7 Å². The number of morpholine rings is 1. The van der Waals surface area contributed by atoms with Crippen molar-refractivity contribution in [2.24, 2.45) is 5.73 Å². The van der Waals surface area contributed by atoms with Gasteiger partial charge in [0.05, 0.1) is 18.2 Å². The highest BCUT2D eigenvalue weighted by Crippen LogP contribution is 2.33. The maximum absolute atomic E-state index is 12.6. The van der Waals surface area contributed by atoms with Crippen LogP contribution in [0.2, 0.25) is 0 Å². The molecule has 1 aliphatic heterocycles. The predicted molar refractivity (Wildman–Crippen MR) is 76.5 cm³/mol. The molecule has 1 aromatic rings. The summed E-state index contributed by atoms with van der Waals surface area (Å²) in [5.41, 5.74) is 6.29. The van der Waals surface area contributed by atoms with E-state index in [2.05, 4.69) is 9.64 Å². The number of hydrogen-bond donors (Lipinski definition) is 1. The Kier molecular flexibility index (Phi) is 5.31. The molecule has 3 atom stereocenters. The van der Waals surface area contributed by atoms with Crippen LogP contribution in [0.5, 0.6) is 5.75 Å². The quantitative estimate of drug-likeness (QED) is 0.927. The molecule has 4 nitrogen and oxygen atoms in total. The van der Waals surface area contributed by atoms with Crippen molar-refractivity contribution in [2.45, 2.75) is 38.5 Å². The Morgan fingerprint density at radius 3 is 2.41 bits per heavy atom. The smallest absolute Gasteiger partial charge is 0.405 e. The summed E-state index contributed by atoms with van der Waals surface area (Å²) >= 11 is 0. The van der Waals surface area contributed by atoms with Crippen molar-refractivity contribution < 1.29 is 22.6 Å². The number of nitrogens with two attached hydrogens (primary N) is 1. The number of alkyl halides is 3. The molecule has 1 aromatic carbocycles. The van der Waals surface area contributed by atoms with Crippen molar-refractivity contribution in [3.63, 3.8) is 0 Å². The van der Waals surface area contributed by atoms with E-state index in [-0.39, 0.29) is 30.5 Å². The van der Waals surface area contributed by atoms with E-state index in [9.17, 15) is 13.2 Å². The molecule has 1 saturated heterocycles. The zero-order valence-corrected chi connectivity index (χ0v) is 12.6. The maximum Gasteiger partial charge on any atom is 0.573 e. The lowest BCUT2D eigenvalue weighted by molar-refractivity contribution is -0.275. The van der Waals surface area contributed by atoms with Gasteiger partial charge in [-0.1, -0.05) is 18.2 Å². The van der Waals surface area contributed by atoms with Crippen molar-refractivity contribution in [1.29, 1.82) is 0 Å². The molecule has 1 heterocycles. The second-order valence-corrected chi connectivity index (χ2v) is 5.55. The first kappa shape index (κ1) is 17.1. The molecule has 0 radical (unpaired) electrons. The molecule has 7 heteroatoms. The van der Waals surface area contributed by atoms with Gasteiger partial charge >= 0.3 is 6.36 Å².